The molecular weight excluding hydrogens is 338 g/mol. The van der Waals surface area contributed by atoms with Gasteiger partial charge in [0.1, 0.15) is 0 Å². The summed E-state index contributed by atoms with van der Waals surface area (Å²) >= 11 is 0. The van der Waals surface area contributed by atoms with Crippen molar-refractivity contribution in [2.75, 3.05) is 26.2 Å². The van der Waals surface area contributed by atoms with Crippen LogP contribution in [0.5, 0.6) is 0 Å². The van der Waals surface area contributed by atoms with E-state index in [0.29, 0.717) is 24.9 Å². The van der Waals surface area contributed by atoms with Crippen LogP contribution in [0.25, 0.3) is 10.9 Å². The first-order valence-corrected chi connectivity index (χ1v) is 10.1. The van der Waals surface area contributed by atoms with Gasteiger partial charge in [-0.25, -0.2) is 0 Å². The number of rotatable bonds is 7. The number of amides is 1. The zero-order valence-corrected chi connectivity index (χ0v) is 16.5. The number of aromatic nitrogens is 1. The third kappa shape index (κ3) is 5.67. The topological polar surface area (TPSA) is 65.2 Å². The Hall–Kier alpha value is -2.14. The Kier molecular flexibility index (Phi) is 6.67. The minimum atomic E-state index is -0.0971. The van der Waals surface area contributed by atoms with Crippen LogP contribution in [0, 0.1) is 12.8 Å². The van der Waals surface area contributed by atoms with Crippen molar-refractivity contribution in [3.63, 3.8) is 0 Å². The van der Waals surface area contributed by atoms with E-state index in [2.05, 4.69) is 22.1 Å². The van der Waals surface area contributed by atoms with Crippen LogP contribution in [-0.4, -0.2) is 42.0 Å². The van der Waals surface area contributed by atoms with Gasteiger partial charge in [-0.3, -0.25) is 9.59 Å². The van der Waals surface area contributed by atoms with Gasteiger partial charge < -0.3 is 15.2 Å². The Bertz CT molecular complexity index is 843. The molecule has 1 amide bonds. The van der Waals surface area contributed by atoms with Gasteiger partial charge in [0.25, 0.3) is 5.56 Å². The van der Waals surface area contributed by atoms with Crippen LogP contribution in [0.15, 0.2) is 29.1 Å². The van der Waals surface area contributed by atoms with Crippen molar-refractivity contribution in [2.45, 2.75) is 46.0 Å². The fourth-order valence-electron chi connectivity index (χ4n) is 3.90. The molecule has 1 aliphatic heterocycles. The second-order valence-corrected chi connectivity index (χ2v) is 7.97. The number of benzene rings is 1. The number of carbonyl (C=O) groups excluding carboxylic acids is 1. The number of fused-ring (bicyclic) bond motifs is 1. The fourth-order valence-corrected chi connectivity index (χ4v) is 3.90. The van der Waals surface area contributed by atoms with Crippen molar-refractivity contribution >= 4 is 16.8 Å². The summed E-state index contributed by atoms with van der Waals surface area (Å²) < 4.78 is 0. The molecular formula is C22H31N3O2. The molecule has 1 unspecified atom stereocenters. The van der Waals surface area contributed by atoms with Crippen molar-refractivity contribution in [3.05, 3.63) is 45.7 Å². The lowest BCUT2D eigenvalue weighted by Crippen LogP contribution is -2.36. The minimum Gasteiger partial charge on any atom is -0.356 e. The highest BCUT2D eigenvalue weighted by Gasteiger charge is 2.15. The number of hydrogen-bond donors (Lipinski definition) is 2. The molecule has 2 aromatic rings. The number of carbonyl (C=O) groups is 1. The lowest BCUT2D eigenvalue weighted by Gasteiger charge is -2.30. The molecule has 1 atom stereocenters. The van der Waals surface area contributed by atoms with Gasteiger partial charge in [-0.15, -0.1) is 0 Å². The standard InChI is InChI=1S/C22H31N3O2/c1-16-6-7-18-14-19(22(27)24-20(18)13-16)8-9-21(26)23-10-4-12-25-11-3-5-17(2)15-25/h6-7,13-14,17H,3-5,8-12,15H2,1-2H3,(H,23,26)(H,24,27). The molecule has 3 rings (SSSR count). The van der Waals surface area contributed by atoms with Crippen LogP contribution in [0.2, 0.25) is 0 Å². The summed E-state index contributed by atoms with van der Waals surface area (Å²) in [5.41, 5.74) is 2.54. The molecule has 2 heterocycles. The second-order valence-electron chi connectivity index (χ2n) is 7.97. The number of nitrogens with zero attached hydrogens (tertiary/aromatic N) is 1. The Labute approximate surface area is 161 Å². The number of aromatic amines is 1. The lowest BCUT2D eigenvalue weighted by atomic mass is 10.0. The fraction of sp³-hybridized carbons (Fsp3) is 0.545. The first-order chi connectivity index (χ1) is 13.0. The van der Waals surface area contributed by atoms with Crippen LogP contribution < -0.4 is 10.9 Å². The van der Waals surface area contributed by atoms with Crippen LogP contribution in [-0.2, 0) is 11.2 Å². The second kappa shape index (κ2) is 9.18. The first kappa shape index (κ1) is 19.6. The zero-order chi connectivity index (χ0) is 19.2. The van der Waals surface area contributed by atoms with Crippen molar-refractivity contribution < 1.29 is 4.79 Å². The van der Waals surface area contributed by atoms with Crippen molar-refractivity contribution in [1.82, 2.24) is 15.2 Å². The summed E-state index contributed by atoms with van der Waals surface area (Å²) in [6.07, 6.45) is 4.42. The highest BCUT2D eigenvalue weighted by Crippen LogP contribution is 2.15. The third-order valence-corrected chi connectivity index (χ3v) is 5.41. The summed E-state index contributed by atoms with van der Waals surface area (Å²) in [5.74, 6) is 0.808. The monoisotopic (exact) mass is 369 g/mol. The molecule has 5 nitrogen and oxygen atoms in total. The number of aryl methyl sites for hydroxylation is 2. The van der Waals surface area contributed by atoms with Crippen LogP contribution in [0.3, 0.4) is 0 Å². The maximum atomic E-state index is 12.2. The van der Waals surface area contributed by atoms with E-state index >= 15 is 0 Å². The van der Waals surface area contributed by atoms with Gasteiger partial charge in [-0.05, 0) is 74.7 Å². The van der Waals surface area contributed by atoms with E-state index < -0.39 is 0 Å². The van der Waals surface area contributed by atoms with Gasteiger partial charge in [-0.1, -0.05) is 19.1 Å². The molecule has 1 fully saturated rings. The van der Waals surface area contributed by atoms with E-state index in [1.807, 2.05) is 31.2 Å². The average molecular weight is 370 g/mol. The number of H-pyrrole nitrogens is 1. The van der Waals surface area contributed by atoms with E-state index in [1.54, 1.807) is 0 Å². The molecule has 0 bridgehead atoms. The van der Waals surface area contributed by atoms with E-state index in [1.165, 1.54) is 25.9 Å². The highest BCUT2D eigenvalue weighted by atomic mass is 16.1. The molecule has 27 heavy (non-hydrogen) atoms. The van der Waals surface area contributed by atoms with Crippen molar-refractivity contribution in [3.8, 4) is 0 Å². The summed E-state index contributed by atoms with van der Waals surface area (Å²) in [6, 6.07) is 7.90. The van der Waals surface area contributed by atoms with Gasteiger partial charge in [-0.2, -0.15) is 0 Å². The number of piperidine rings is 1. The predicted molar refractivity (Wildman–Crippen MR) is 110 cm³/mol. The van der Waals surface area contributed by atoms with E-state index in [4.69, 9.17) is 0 Å². The van der Waals surface area contributed by atoms with Crippen LogP contribution >= 0.6 is 0 Å². The highest BCUT2D eigenvalue weighted by molar-refractivity contribution is 5.80. The third-order valence-electron chi connectivity index (χ3n) is 5.41. The van der Waals surface area contributed by atoms with Crippen molar-refractivity contribution in [1.29, 1.82) is 0 Å². The molecule has 5 heteroatoms. The smallest absolute Gasteiger partial charge is 0.251 e. The van der Waals surface area contributed by atoms with E-state index in [9.17, 15) is 9.59 Å². The molecule has 1 aromatic heterocycles. The number of nitrogens with one attached hydrogen (secondary N) is 2. The summed E-state index contributed by atoms with van der Waals surface area (Å²) in [5, 5.41) is 4.00. The molecule has 0 spiro atoms. The van der Waals surface area contributed by atoms with Crippen LogP contribution in [0.1, 0.15) is 43.7 Å². The van der Waals surface area contributed by atoms with Crippen molar-refractivity contribution in [2.24, 2.45) is 5.92 Å². The molecule has 1 aliphatic rings. The number of likely N-dealkylation sites (tertiary alicyclic amines) is 1. The molecule has 1 saturated heterocycles. The van der Waals surface area contributed by atoms with Crippen LogP contribution in [0.4, 0.5) is 0 Å². The Morgan fingerprint density at radius 3 is 3.00 bits per heavy atom. The predicted octanol–water partition coefficient (Wildman–Crippen LogP) is 3.01. The number of pyridine rings is 1. The van der Waals surface area contributed by atoms with Gasteiger partial charge in [0.2, 0.25) is 5.91 Å². The SMILES string of the molecule is Cc1ccc2cc(CCC(=O)NCCCN3CCCC(C)C3)c(=O)[nH]c2c1. The summed E-state index contributed by atoms with van der Waals surface area (Å²) in [4.78, 5) is 29.7. The molecule has 2 N–H and O–H groups in total. The maximum Gasteiger partial charge on any atom is 0.251 e. The number of hydrogen-bond acceptors (Lipinski definition) is 3. The maximum absolute atomic E-state index is 12.2. The quantitative estimate of drug-likeness (QED) is 0.738. The van der Waals surface area contributed by atoms with E-state index in [-0.39, 0.29) is 11.5 Å². The average Bonchev–Trinajstić information content (AvgIpc) is 2.63. The van der Waals surface area contributed by atoms with Gasteiger partial charge in [0.05, 0.1) is 0 Å². The Balaban J connectivity index is 1.42. The Morgan fingerprint density at radius 2 is 2.19 bits per heavy atom. The molecule has 0 aliphatic carbocycles. The van der Waals surface area contributed by atoms with Gasteiger partial charge >= 0.3 is 0 Å². The normalized spacial score (nSPS) is 17.9. The van der Waals surface area contributed by atoms with Gasteiger partial charge in [0.15, 0.2) is 0 Å². The molecule has 0 saturated carbocycles. The summed E-state index contributed by atoms with van der Waals surface area (Å²) in [7, 11) is 0. The lowest BCUT2D eigenvalue weighted by molar-refractivity contribution is -0.121. The summed E-state index contributed by atoms with van der Waals surface area (Å²) in [6.45, 7) is 8.43. The minimum absolute atomic E-state index is 0.0189. The zero-order valence-electron chi connectivity index (χ0n) is 16.5. The largest absolute Gasteiger partial charge is 0.356 e. The molecule has 1 aromatic carbocycles. The Morgan fingerprint density at radius 1 is 1.33 bits per heavy atom. The molecule has 146 valence electrons. The molecule has 0 radical (unpaired) electrons. The first-order valence-electron chi connectivity index (χ1n) is 10.1. The van der Waals surface area contributed by atoms with E-state index in [0.717, 1.165) is 35.3 Å². The van der Waals surface area contributed by atoms with Gasteiger partial charge in [0, 0.05) is 30.6 Å².